The minimum Gasteiger partial charge on any atom is -0.399 e. The lowest BCUT2D eigenvalue weighted by Crippen LogP contribution is -2.28. The summed E-state index contributed by atoms with van der Waals surface area (Å²) in [5, 5.41) is 8.63. The Balaban J connectivity index is 2.87. The minimum absolute atomic E-state index is 0.220. The van der Waals surface area contributed by atoms with Gasteiger partial charge in [-0.3, -0.25) is 0 Å². The lowest BCUT2D eigenvalue weighted by Gasteiger charge is -2.25. The summed E-state index contributed by atoms with van der Waals surface area (Å²) in [5.41, 5.74) is 8.73. The molecule has 0 bridgehead atoms. The molecule has 1 unspecified atom stereocenters. The Morgan fingerprint density at radius 1 is 1.53 bits per heavy atom. The maximum absolute atomic E-state index is 8.63. The molecule has 0 heterocycles. The van der Waals surface area contributed by atoms with Crippen molar-refractivity contribution in [2.24, 2.45) is 0 Å². The fourth-order valence-corrected chi connectivity index (χ4v) is 1.40. The third-order valence-corrected chi connectivity index (χ3v) is 2.71. The van der Waals surface area contributed by atoms with Crippen LogP contribution in [-0.4, -0.2) is 13.1 Å². The van der Waals surface area contributed by atoms with Crippen molar-refractivity contribution in [1.29, 1.82) is 5.26 Å². The highest BCUT2D eigenvalue weighted by Crippen LogP contribution is 2.21. The first-order chi connectivity index (χ1) is 7.06. The smallest absolute Gasteiger partial charge is 0.0643 e. The molecular formula is C12H17N3. The van der Waals surface area contributed by atoms with Gasteiger partial charge in [-0.2, -0.15) is 5.26 Å². The van der Waals surface area contributed by atoms with Gasteiger partial charge in [0.15, 0.2) is 0 Å². The van der Waals surface area contributed by atoms with Crippen molar-refractivity contribution in [2.45, 2.75) is 26.3 Å². The van der Waals surface area contributed by atoms with Crippen molar-refractivity contribution in [2.75, 3.05) is 17.7 Å². The second-order valence-electron chi connectivity index (χ2n) is 3.86. The molecule has 3 nitrogen and oxygen atoms in total. The topological polar surface area (TPSA) is 53.0 Å². The molecule has 0 aliphatic carbocycles. The van der Waals surface area contributed by atoms with Crippen LogP contribution in [0.1, 0.15) is 18.9 Å². The van der Waals surface area contributed by atoms with Crippen LogP contribution in [0.4, 0.5) is 11.4 Å². The second kappa shape index (κ2) is 4.70. The highest BCUT2D eigenvalue weighted by Gasteiger charge is 2.09. The van der Waals surface area contributed by atoms with Gasteiger partial charge in [0.1, 0.15) is 0 Å². The predicted octanol–water partition coefficient (Wildman–Crippen LogP) is 2.32. The van der Waals surface area contributed by atoms with E-state index in [1.165, 1.54) is 0 Å². The summed E-state index contributed by atoms with van der Waals surface area (Å²) in [6.45, 7) is 4.02. The second-order valence-corrected chi connectivity index (χ2v) is 3.86. The number of aryl methyl sites for hydroxylation is 1. The van der Waals surface area contributed by atoms with Gasteiger partial charge in [0.2, 0.25) is 0 Å². The maximum Gasteiger partial charge on any atom is 0.0643 e. The monoisotopic (exact) mass is 203 g/mol. The first-order valence-electron chi connectivity index (χ1n) is 5.02. The van der Waals surface area contributed by atoms with Gasteiger partial charge in [-0.25, -0.2) is 0 Å². The number of nitrogens with two attached hydrogens (primary N) is 1. The molecule has 80 valence electrons. The molecule has 0 fully saturated rings. The normalized spacial score (nSPS) is 11.9. The largest absolute Gasteiger partial charge is 0.399 e. The number of anilines is 2. The molecule has 0 amide bonds. The fourth-order valence-electron chi connectivity index (χ4n) is 1.40. The van der Waals surface area contributed by atoms with E-state index < -0.39 is 0 Å². The molecule has 3 heteroatoms. The van der Waals surface area contributed by atoms with Gasteiger partial charge in [-0.15, -0.1) is 0 Å². The average molecular weight is 203 g/mol. The Morgan fingerprint density at radius 3 is 2.73 bits per heavy atom. The van der Waals surface area contributed by atoms with Crippen molar-refractivity contribution >= 4 is 11.4 Å². The minimum atomic E-state index is 0.220. The van der Waals surface area contributed by atoms with Gasteiger partial charge in [0.05, 0.1) is 12.5 Å². The molecule has 15 heavy (non-hydrogen) atoms. The zero-order chi connectivity index (χ0) is 11.4. The van der Waals surface area contributed by atoms with Gasteiger partial charge in [-0.05, 0) is 37.6 Å². The Hall–Kier alpha value is -1.69. The van der Waals surface area contributed by atoms with Gasteiger partial charge >= 0.3 is 0 Å². The fraction of sp³-hybridized carbons (Fsp3) is 0.417. The molecular weight excluding hydrogens is 186 g/mol. The van der Waals surface area contributed by atoms with E-state index in [0.29, 0.717) is 6.42 Å². The van der Waals surface area contributed by atoms with Gasteiger partial charge in [0.25, 0.3) is 0 Å². The van der Waals surface area contributed by atoms with Crippen molar-refractivity contribution in [3.05, 3.63) is 23.8 Å². The first-order valence-corrected chi connectivity index (χ1v) is 5.02. The summed E-state index contributed by atoms with van der Waals surface area (Å²) >= 11 is 0. The van der Waals surface area contributed by atoms with Crippen LogP contribution < -0.4 is 10.6 Å². The number of rotatable bonds is 3. The van der Waals surface area contributed by atoms with Crippen LogP contribution in [0.3, 0.4) is 0 Å². The highest BCUT2D eigenvalue weighted by atomic mass is 15.1. The third-order valence-electron chi connectivity index (χ3n) is 2.71. The molecule has 1 atom stereocenters. The summed E-state index contributed by atoms with van der Waals surface area (Å²) in [7, 11) is 1.99. The maximum atomic E-state index is 8.63. The van der Waals surface area contributed by atoms with E-state index in [1.54, 1.807) is 0 Å². The highest BCUT2D eigenvalue weighted by molar-refractivity contribution is 5.58. The van der Waals surface area contributed by atoms with Crippen molar-refractivity contribution in [3.63, 3.8) is 0 Å². The van der Waals surface area contributed by atoms with E-state index in [1.807, 2.05) is 39.1 Å². The van der Waals surface area contributed by atoms with E-state index in [2.05, 4.69) is 11.0 Å². The van der Waals surface area contributed by atoms with E-state index in [0.717, 1.165) is 16.9 Å². The van der Waals surface area contributed by atoms with Crippen molar-refractivity contribution in [1.82, 2.24) is 0 Å². The van der Waals surface area contributed by atoms with Gasteiger partial charge in [-0.1, -0.05) is 0 Å². The van der Waals surface area contributed by atoms with E-state index >= 15 is 0 Å². The zero-order valence-electron chi connectivity index (χ0n) is 9.49. The summed E-state index contributed by atoms with van der Waals surface area (Å²) in [5.74, 6) is 0. The molecule has 0 radical (unpaired) electrons. The van der Waals surface area contributed by atoms with E-state index in [4.69, 9.17) is 11.0 Å². The first kappa shape index (κ1) is 11.4. The van der Waals surface area contributed by atoms with Crippen molar-refractivity contribution in [3.8, 4) is 6.07 Å². The lowest BCUT2D eigenvalue weighted by atomic mass is 10.1. The molecule has 0 saturated carbocycles. The number of nitrogen functional groups attached to an aromatic ring is 1. The quantitative estimate of drug-likeness (QED) is 0.767. The standard InChI is InChI=1S/C12H17N3/c1-9-8-11(4-5-12(9)14)15(3)10(2)6-7-13/h4-5,8,10H,6,14H2,1-3H3. The number of hydrogen-bond donors (Lipinski definition) is 1. The van der Waals surface area contributed by atoms with Crippen LogP contribution in [0.25, 0.3) is 0 Å². The van der Waals surface area contributed by atoms with Crippen LogP contribution in [0.15, 0.2) is 18.2 Å². The number of benzene rings is 1. The third kappa shape index (κ3) is 2.63. The molecule has 0 aliphatic rings. The molecule has 0 aromatic heterocycles. The van der Waals surface area contributed by atoms with Crippen molar-refractivity contribution < 1.29 is 0 Å². The zero-order valence-corrected chi connectivity index (χ0v) is 9.49. The van der Waals surface area contributed by atoms with E-state index in [9.17, 15) is 0 Å². The van der Waals surface area contributed by atoms with Gasteiger partial charge < -0.3 is 10.6 Å². The summed E-state index contributed by atoms with van der Waals surface area (Å²) in [6.07, 6.45) is 0.528. The van der Waals surface area contributed by atoms with Crippen LogP contribution in [0.2, 0.25) is 0 Å². The van der Waals surface area contributed by atoms with E-state index in [-0.39, 0.29) is 6.04 Å². The molecule has 0 spiro atoms. The Kier molecular flexibility index (Phi) is 3.56. The Morgan fingerprint density at radius 2 is 2.20 bits per heavy atom. The van der Waals surface area contributed by atoms with Crippen LogP contribution in [0, 0.1) is 18.3 Å². The van der Waals surface area contributed by atoms with Gasteiger partial charge in [0, 0.05) is 24.5 Å². The molecule has 1 rings (SSSR count). The number of nitriles is 1. The summed E-state index contributed by atoms with van der Waals surface area (Å²) in [6, 6.07) is 8.33. The summed E-state index contributed by atoms with van der Waals surface area (Å²) in [4.78, 5) is 2.09. The Bertz CT molecular complexity index is 379. The van der Waals surface area contributed by atoms with Crippen LogP contribution in [-0.2, 0) is 0 Å². The number of nitrogens with zero attached hydrogens (tertiary/aromatic N) is 2. The predicted molar refractivity (Wildman–Crippen MR) is 63.7 cm³/mol. The van der Waals surface area contributed by atoms with Crippen LogP contribution in [0.5, 0.6) is 0 Å². The molecule has 0 aliphatic heterocycles. The average Bonchev–Trinajstić information content (AvgIpc) is 2.21. The molecule has 1 aromatic rings. The summed E-state index contributed by atoms with van der Waals surface area (Å²) < 4.78 is 0. The molecule has 2 N–H and O–H groups in total. The SMILES string of the molecule is Cc1cc(N(C)C(C)CC#N)ccc1N. The molecule has 1 aromatic carbocycles. The van der Waals surface area contributed by atoms with Crippen LogP contribution >= 0.6 is 0 Å². The number of hydrogen-bond acceptors (Lipinski definition) is 3. The lowest BCUT2D eigenvalue weighted by molar-refractivity contribution is 0.702. The Labute approximate surface area is 91.1 Å². The molecule has 0 saturated heterocycles.